The second-order valence-corrected chi connectivity index (χ2v) is 6.26. The van der Waals surface area contributed by atoms with E-state index in [1.807, 2.05) is 19.2 Å². The lowest BCUT2D eigenvalue weighted by Crippen LogP contribution is -2.44. The summed E-state index contributed by atoms with van der Waals surface area (Å²) in [5.74, 6) is 1.20. The summed E-state index contributed by atoms with van der Waals surface area (Å²) < 4.78 is 0. The normalized spacial score (nSPS) is 11.8. The summed E-state index contributed by atoms with van der Waals surface area (Å²) >= 11 is 1.66. The fourth-order valence-electron chi connectivity index (χ4n) is 2.34. The molecule has 1 aromatic carbocycles. The average molecular weight is 371 g/mol. The first kappa shape index (κ1) is 20.5. The van der Waals surface area contributed by atoms with E-state index in [4.69, 9.17) is 5.73 Å². The number of carbonyl (C=O) groups excluding carboxylic acids is 1. The molecule has 24 heavy (non-hydrogen) atoms. The number of hydrogen-bond acceptors (Lipinski definition) is 5. The van der Waals surface area contributed by atoms with E-state index < -0.39 is 6.04 Å². The van der Waals surface area contributed by atoms with Gasteiger partial charge in [-0.3, -0.25) is 9.59 Å². The third-order valence-electron chi connectivity index (χ3n) is 3.65. The number of thioether (sulfide) groups is 1. The lowest BCUT2D eigenvalue weighted by molar-refractivity contribution is -0.133. The molecule has 1 atom stereocenters. The Balaban J connectivity index is 0.00000288. The number of nitrogens with zero attached hydrogens (tertiary/aromatic N) is 2. The number of rotatable bonds is 7. The van der Waals surface area contributed by atoms with Gasteiger partial charge in [0.2, 0.25) is 5.91 Å². The Morgan fingerprint density at radius 2 is 2.12 bits per heavy atom. The van der Waals surface area contributed by atoms with E-state index >= 15 is 0 Å². The number of nitrogens with two attached hydrogens (primary N) is 1. The predicted octanol–water partition coefficient (Wildman–Crippen LogP) is 1.77. The minimum Gasteiger partial charge on any atom is -0.334 e. The quantitative estimate of drug-likeness (QED) is 0.775. The number of nitrogens with one attached hydrogen (secondary N) is 1. The summed E-state index contributed by atoms with van der Waals surface area (Å²) in [5, 5.41) is 0.544. The monoisotopic (exact) mass is 370 g/mol. The van der Waals surface area contributed by atoms with Crippen molar-refractivity contribution in [2.75, 3.05) is 18.6 Å². The van der Waals surface area contributed by atoms with Gasteiger partial charge in [0.05, 0.1) is 23.5 Å². The van der Waals surface area contributed by atoms with E-state index in [2.05, 4.69) is 9.97 Å². The van der Waals surface area contributed by atoms with Gasteiger partial charge in [-0.25, -0.2) is 4.98 Å². The van der Waals surface area contributed by atoms with Crippen molar-refractivity contribution in [1.29, 1.82) is 0 Å². The van der Waals surface area contributed by atoms with Crippen molar-refractivity contribution < 1.29 is 4.79 Å². The van der Waals surface area contributed by atoms with Crippen LogP contribution in [0, 0.1) is 0 Å². The van der Waals surface area contributed by atoms with Crippen molar-refractivity contribution >= 4 is 41.0 Å². The number of H-pyrrole nitrogens is 1. The smallest absolute Gasteiger partial charge is 0.258 e. The van der Waals surface area contributed by atoms with Gasteiger partial charge in [-0.2, -0.15) is 11.8 Å². The van der Waals surface area contributed by atoms with E-state index in [1.54, 1.807) is 34.9 Å². The highest BCUT2D eigenvalue weighted by molar-refractivity contribution is 7.98. The Morgan fingerprint density at radius 1 is 1.42 bits per heavy atom. The first-order valence-corrected chi connectivity index (χ1v) is 8.97. The number of likely N-dealkylation sites (N-methyl/N-ethyl adjacent to an activating group) is 1. The van der Waals surface area contributed by atoms with Gasteiger partial charge >= 0.3 is 0 Å². The molecule has 2 aromatic rings. The van der Waals surface area contributed by atoms with Gasteiger partial charge in [-0.15, -0.1) is 12.4 Å². The highest BCUT2D eigenvalue weighted by Crippen LogP contribution is 2.09. The number of para-hydroxylation sites is 1. The standard InChI is InChI=1S/C16H22N4O2S.ClH/c1-3-20(16(22)12(17)8-9-23-2)10-14-18-13-7-5-4-6-11(13)15(21)19-14;/h4-7,12H,3,8-10,17H2,1-2H3,(H,18,19,21);1H/t12-;/m0./s1. The fraction of sp³-hybridized carbons (Fsp3) is 0.438. The topological polar surface area (TPSA) is 92.1 Å². The minimum atomic E-state index is -0.519. The number of hydrogen-bond donors (Lipinski definition) is 2. The molecule has 0 saturated heterocycles. The van der Waals surface area contributed by atoms with Crippen LogP contribution < -0.4 is 11.3 Å². The van der Waals surface area contributed by atoms with Crippen molar-refractivity contribution in [3.63, 3.8) is 0 Å². The number of halogens is 1. The molecule has 0 aliphatic rings. The van der Waals surface area contributed by atoms with E-state index in [-0.39, 0.29) is 30.4 Å². The number of amides is 1. The number of aromatic nitrogens is 2. The average Bonchev–Trinajstić information content (AvgIpc) is 2.57. The number of carbonyl (C=O) groups is 1. The van der Waals surface area contributed by atoms with Gasteiger partial charge in [0.1, 0.15) is 5.82 Å². The Morgan fingerprint density at radius 3 is 2.79 bits per heavy atom. The lowest BCUT2D eigenvalue weighted by Gasteiger charge is -2.23. The molecule has 8 heteroatoms. The number of benzene rings is 1. The van der Waals surface area contributed by atoms with Crippen LogP contribution in [0.15, 0.2) is 29.1 Å². The molecule has 1 aromatic heterocycles. The molecular weight excluding hydrogens is 348 g/mol. The molecule has 0 saturated carbocycles. The first-order valence-electron chi connectivity index (χ1n) is 7.58. The molecule has 0 radical (unpaired) electrons. The Hall–Kier alpha value is -1.57. The summed E-state index contributed by atoms with van der Waals surface area (Å²) in [6, 6.07) is 6.63. The molecule has 0 unspecified atom stereocenters. The first-order chi connectivity index (χ1) is 11.1. The molecule has 0 bridgehead atoms. The minimum absolute atomic E-state index is 0. The lowest BCUT2D eigenvalue weighted by atomic mass is 10.2. The van der Waals surface area contributed by atoms with Crippen LogP contribution in [0.1, 0.15) is 19.2 Å². The molecule has 1 heterocycles. The van der Waals surface area contributed by atoms with Crippen molar-refractivity contribution in [3.8, 4) is 0 Å². The van der Waals surface area contributed by atoms with E-state index in [9.17, 15) is 9.59 Å². The summed E-state index contributed by atoms with van der Waals surface area (Å²) in [5.41, 5.74) is 6.39. The molecule has 2 rings (SSSR count). The van der Waals surface area contributed by atoms with Gasteiger partial charge in [0, 0.05) is 6.54 Å². The maximum atomic E-state index is 12.4. The third kappa shape index (κ3) is 4.96. The maximum absolute atomic E-state index is 12.4. The Labute approximate surface area is 151 Å². The maximum Gasteiger partial charge on any atom is 0.258 e. The van der Waals surface area contributed by atoms with Gasteiger partial charge in [0.25, 0.3) is 5.56 Å². The molecule has 0 aliphatic carbocycles. The van der Waals surface area contributed by atoms with Crippen LogP contribution >= 0.6 is 24.2 Å². The second kappa shape index (κ2) is 9.66. The molecule has 3 N–H and O–H groups in total. The van der Waals surface area contributed by atoms with Gasteiger partial charge < -0.3 is 15.6 Å². The largest absolute Gasteiger partial charge is 0.334 e. The van der Waals surface area contributed by atoms with Crippen molar-refractivity contribution in [2.45, 2.75) is 25.9 Å². The SMILES string of the molecule is CCN(Cc1nc2ccccc2c(=O)[nH]1)C(=O)[C@@H](N)CCSC.Cl. The van der Waals surface area contributed by atoms with E-state index in [1.165, 1.54) is 0 Å². The number of aromatic amines is 1. The molecule has 132 valence electrons. The second-order valence-electron chi connectivity index (χ2n) is 5.27. The van der Waals surface area contributed by atoms with E-state index in [0.29, 0.717) is 29.7 Å². The van der Waals surface area contributed by atoms with Crippen LogP contribution in [0.2, 0.25) is 0 Å². The predicted molar refractivity (Wildman–Crippen MR) is 102 cm³/mol. The van der Waals surface area contributed by atoms with Crippen molar-refractivity contribution in [2.24, 2.45) is 5.73 Å². The summed E-state index contributed by atoms with van der Waals surface area (Å²) in [7, 11) is 0. The van der Waals surface area contributed by atoms with Crippen molar-refractivity contribution in [3.05, 3.63) is 40.4 Å². The zero-order chi connectivity index (χ0) is 16.8. The summed E-state index contributed by atoms with van der Waals surface area (Å²) in [6.45, 7) is 2.66. The molecule has 1 amide bonds. The van der Waals surface area contributed by atoms with Gasteiger partial charge in [0.15, 0.2) is 0 Å². The highest BCUT2D eigenvalue weighted by Gasteiger charge is 2.20. The van der Waals surface area contributed by atoms with Crippen LogP contribution in [0.25, 0.3) is 10.9 Å². The Kier molecular flexibility index (Phi) is 8.24. The fourth-order valence-corrected chi connectivity index (χ4v) is 2.83. The molecule has 0 fully saturated rings. The van der Waals surface area contributed by atoms with Gasteiger partial charge in [-0.1, -0.05) is 12.1 Å². The van der Waals surface area contributed by atoms with Crippen LogP contribution in [-0.2, 0) is 11.3 Å². The molecule has 6 nitrogen and oxygen atoms in total. The highest BCUT2D eigenvalue weighted by atomic mass is 35.5. The van der Waals surface area contributed by atoms with Crippen LogP contribution in [0.3, 0.4) is 0 Å². The van der Waals surface area contributed by atoms with Crippen LogP contribution in [0.4, 0.5) is 0 Å². The van der Waals surface area contributed by atoms with E-state index in [0.717, 1.165) is 5.75 Å². The molecular formula is C16H23ClN4O2S. The zero-order valence-electron chi connectivity index (χ0n) is 13.8. The summed E-state index contributed by atoms with van der Waals surface area (Å²) in [6.07, 6.45) is 2.62. The van der Waals surface area contributed by atoms with Crippen LogP contribution in [0.5, 0.6) is 0 Å². The Bertz CT molecular complexity index is 737. The molecule has 0 aliphatic heterocycles. The number of fused-ring (bicyclic) bond motifs is 1. The van der Waals surface area contributed by atoms with Crippen molar-refractivity contribution in [1.82, 2.24) is 14.9 Å². The zero-order valence-corrected chi connectivity index (χ0v) is 15.5. The van der Waals surface area contributed by atoms with Crippen LogP contribution in [-0.4, -0.2) is 45.4 Å². The summed E-state index contributed by atoms with van der Waals surface area (Å²) in [4.78, 5) is 33.3. The molecule has 0 spiro atoms. The van der Waals surface area contributed by atoms with Gasteiger partial charge in [-0.05, 0) is 37.5 Å². The third-order valence-corrected chi connectivity index (χ3v) is 4.29.